The van der Waals surface area contributed by atoms with Gasteiger partial charge in [-0.3, -0.25) is 8.80 Å². The fourth-order valence-electron chi connectivity index (χ4n) is 4.14. The molecule has 0 radical (unpaired) electrons. The first-order valence-corrected chi connectivity index (χ1v) is 10.8. The van der Waals surface area contributed by atoms with Gasteiger partial charge < -0.3 is 0 Å². The molecule has 0 amide bonds. The number of fused-ring (bicyclic) bond motifs is 12. The predicted molar refractivity (Wildman–Crippen MR) is 119 cm³/mol. The van der Waals surface area contributed by atoms with Gasteiger partial charge in [0.05, 0.1) is 42.5 Å². The molecule has 0 N–H and O–H groups in total. The summed E-state index contributed by atoms with van der Waals surface area (Å²) < 4.78 is 6.91. The maximum absolute atomic E-state index is 5.03. The van der Waals surface area contributed by atoms with E-state index in [9.17, 15) is 0 Å². The summed E-state index contributed by atoms with van der Waals surface area (Å²) in [5.74, 6) is 0. The fourth-order valence-corrected chi connectivity index (χ4v) is 5.85. The first kappa shape index (κ1) is 14.8. The van der Waals surface area contributed by atoms with Crippen LogP contribution in [0.2, 0.25) is 0 Å². The van der Waals surface area contributed by atoms with Gasteiger partial charge in [0.1, 0.15) is 0 Å². The van der Waals surface area contributed by atoms with Gasteiger partial charge in [0.2, 0.25) is 0 Å². The summed E-state index contributed by atoms with van der Waals surface area (Å²) >= 11 is 3.46. The number of para-hydroxylation sites is 4. The van der Waals surface area contributed by atoms with Crippen LogP contribution in [-0.2, 0) is 0 Å². The van der Waals surface area contributed by atoms with E-state index in [0.717, 1.165) is 53.8 Å². The minimum absolute atomic E-state index is 0.995. The molecule has 132 valence electrons. The quantitative estimate of drug-likeness (QED) is 0.302. The molecule has 0 aliphatic rings. The maximum atomic E-state index is 5.03. The van der Waals surface area contributed by atoms with Crippen LogP contribution in [0.25, 0.3) is 53.8 Å². The van der Waals surface area contributed by atoms with Crippen molar-refractivity contribution in [3.05, 3.63) is 71.4 Å². The van der Waals surface area contributed by atoms with Gasteiger partial charge in [-0.25, -0.2) is 9.97 Å². The van der Waals surface area contributed by atoms with Crippen molar-refractivity contribution >= 4 is 76.5 Å². The van der Waals surface area contributed by atoms with E-state index in [1.807, 2.05) is 12.1 Å². The molecule has 28 heavy (non-hydrogen) atoms. The largest absolute Gasteiger partial charge is 0.290 e. The average molecular weight is 397 g/mol. The highest BCUT2D eigenvalue weighted by atomic mass is 32.1. The number of imidazole rings is 2. The van der Waals surface area contributed by atoms with E-state index in [2.05, 4.69) is 68.1 Å². The van der Waals surface area contributed by atoms with Crippen molar-refractivity contribution in [2.75, 3.05) is 0 Å². The fraction of sp³-hybridized carbons (Fsp3) is 0. The number of thiophene rings is 2. The van der Waals surface area contributed by atoms with E-state index in [4.69, 9.17) is 9.97 Å². The second-order valence-corrected chi connectivity index (χ2v) is 8.62. The van der Waals surface area contributed by atoms with Crippen LogP contribution in [0, 0.1) is 0 Å². The second-order valence-electron chi connectivity index (χ2n) is 6.79. The lowest BCUT2D eigenvalue weighted by molar-refractivity contribution is 1.29. The van der Waals surface area contributed by atoms with Gasteiger partial charge in [-0.2, -0.15) is 0 Å². The SMILES string of the molecule is c1ccc2c(c1)nc1c3sccc3n3c4ccccc4nc3c3sccc3n21. The van der Waals surface area contributed by atoms with E-state index >= 15 is 0 Å². The molecule has 5 aromatic heterocycles. The Labute approximate surface area is 166 Å². The highest BCUT2D eigenvalue weighted by Crippen LogP contribution is 2.35. The monoisotopic (exact) mass is 396 g/mol. The van der Waals surface area contributed by atoms with Crippen LogP contribution in [0.1, 0.15) is 0 Å². The van der Waals surface area contributed by atoms with Crippen LogP contribution < -0.4 is 0 Å². The molecule has 7 aromatic rings. The molecule has 0 aliphatic heterocycles. The molecule has 0 aliphatic carbocycles. The van der Waals surface area contributed by atoms with Crippen molar-refractivity contribution in [1.82, 2.24) is 18.8 Å². The summed E-state index contributed by atoms with van der Waals surface area (Å²) in [5.41, 5.74) is 8.55. The number of hydrogen-bond acceptors (Lipinski definition) is 4. The van der Waals surface area contributed by atoms with Crippen molar-refractivity contribution in [2.45, 2.75) is 0 Å². The Morgan fingerprint density at radius 1 is 0.536 bits per heavy atom. The molecular weight excluding hydrogens is 384 g/mol. The van der Waals surface area contributed by atoms with Crippen LogP contribution >= 0.6 is 22.7 Å². The molecule has 6 heteroatoms. The number of hydrogen-bond donors (Lipinski definition) is 0. The summed E-state index contributed by atoms with van der Waals surface area (Å²) in [7, 11) is 0. The lowest BCUT2D eigenvalue weighted by atomic mass is 10.3. The van der Waals surface area contributed by atoms with Crippen molar-refractivity contribution in [3.8, 4) is 0 Å². The standard InChI is InChI=1S/C22H12N4S2/c1-3-7-15-13(5-1)23-21-19-18(10-12-27-19)26-16-8-4-2-6-14(16)24-22(26)20-17(25(15)21)9-11-28-20/h1-12H. The maximum Gasteiger partial charge on any atom is 0.158 e. The zero-order chi connectivity index (χ0) is 18.2. The van der Waals surface area contributed by atoms with Crippen LogP contribution in [0.3, 0.4) is 0 Å². The Morgan fingerprint density at radius 2 is 1.00 bits per heavy atom. The first-order valence-electron chi connectivity index (χ1n) is 9.01. The van der Waals surface area contributed by atoms with Gasteiger partial charge in [-0.15, -0.1) is 22.7 Å². The Bertz CT molecular complexity index is 1600. The Kier molecular flexibility index (Phi) is 2.74. The summed E-state index contributed by atoms with van der Waals surface area (Å²) in [6.07, 6.45) is 0. The zero-order valence-corrected chi connectivity index (χ0v) is 16.2. The Morgan fingerprint density at radius 3 is 1.50 bits per heavy atom. The van der Waals surface area contributed by atoms with Crippen molar-refractivity contribution in [2.24, 2.45) is 0 Å². The van der Waals surface area contributed by atoms with Crippen LogP contribution in [0.15, 0.2) is 71.4 Å². The van der Waals surface area contributed by atoms with E-state index in [0.29, 0.717) is 0 Å². The second kappa shape index (κ2) is 5.19. The molecule has 4 nitrogen and oxygen atoms in total. The molecule has 0 fully saturated rings. The lowest BCUT2D eigenvalue weighted by Crippen LogP contribution is -1.89. The van der Waals surface area contributed by atoms with E-state index < -0.39 is 0 Å². The highest BCUT2D eigenvalue weighted by Gasteiger charge is 2.16. The lowest BCUT2D eigenvalue weighted by Gasteiger charge is -2.02. The van der Waals surface area contributed by atoms with Gasteiger partial charge in [-0.05, 0) is 47.2 Å². The molecular formula is C22H12N4S2. The van der Waals surface area contributed by atoms with E-state index in [1.54, 1.807) is 22.7 Å². The van der Waals surface area contributed by atoms with Gasteiger partial charge >= 0.3 is 0 Å². The molecule has 0 unspecified atom stereocenters. The minimum Gasteiger partial charge on any atom is -0.290 e. The normalized spacial score (nSPS) is 12.3. The average Bonchev–Trinajstić information content (AvgIpc) is 3.47. The summed E-state index contributed by atoms with van der Waals surface area (Å²) in [6, 6.07) is 21.1. The van der Waals surface area contributed by atoms with E-state index in [1.165, 1.54) is 0 Å². The highest BCUT2D eigenvalue weighted by molar-refractivity contribution is 7.18. The van der Waals surface area contributed by atoms with Crippen LogP contribution in [0.4, 0.5) is 0 Å². The minimum atomic E-state index is 0.995. The molecule has 5 heterocycles. The van der Waals surface area contributed by atoms with E-state index in [-0.39, 0.29) is 0 Å². The predicted octanol–water partition coefficient (Wildman–Crippen LogP) is 6.28. The molecule has 0 saturated carbocycles. The molecule has 7 rings (SSSR count). The zero-order valence-electron chi connectivity index (χ0n) is 14.5. The van der Waals surface area contributed by atoms with Crippen LogP contribution in [-0.4, -0.2) is 18.8 Å². The third-order valence-corrected chi connectivity index (χ3v) is 7.10. The molecule has 0 saturated heterocycles. The van der Waals surface area contributed by atoms with Gasteiger partial charge in [0.25, 0.3) is 0 Å². The number of nitrogens with zero attached hydrogens (tertiary/aromatic N) is 4. The van der Waals surface area contributed by atoms with Crippen molar-refractivity contribution in [3.63, 3.8) is 0 Å². The Balaban J connectivity index is 1.96. The van der Waals surface area contributed by atoms with Gasteiger partial charge in [0, 0.05) is 0 Å². The van der Waals surface area contributed by atoms with Gasteiger partial charge in [0.15, 0.2) is 11.3 Å². The van der Waals surface area contributed by atoms with Crippen molar-refractivity contribution < 1.29 is 0 Å². The first-order chi connectivity index (χ1) is 13.9. The summed E-state index contributed by atoms with van der Waals surface area (Å²) in [5, 5.41) is 4.29. The number of rotatable bonds is 0. The Hall–Kier alpha value is -3.22. The van der Waals surface area contributed by atoms with Crippen LogP contribution in [0.5, 0.6) is 0 Å². The molecule has 0 spiro atoms. The third-order valence-electron chi connectivity index (χ3n) is 5.30. The molecule has 0 atom stereocenters. The topological polar surface area (TPSA) is 34.6 Å². The summed E-state index contributed by atoms with van der Waals surface area (Å²) in [4.78, 5) is 10.1. The van der Waals surface area contributed by atoms with Crippen molar-refractivity contribution in [1.29, 1.82) is 0 Å². The van der Waals surface area contributed by atoms with Gasteiger partial charge in [-0.1, -0.05) is 24.3 Å². The molecule has 0 bridgehead atoms. The number of aromatic nitrogens is 4. The number of benzene rings is 2. The smallest absolute Gasteiger partial charge is 0.158 e. The summed E-state index contributed by atoms with van der Waals surface area (Å²) in [6.45, 7) is 0. The third kappa shape index (κ3) is 1.74. The molecule has 2 aromatic carbocycles.